The smallest absolute Gasteiger partial charge is 0.276 e. The number of hydrogen-bond donors (Lipinski definition) is 3. The molecule has 3 rings (SSSR count). The van der Waals surface area contributed by atoms with E-state index in [-0.39, 0.29) is 24.8 Å². The Morgan fingerprint density at radius 2 is 1.78 bits per heavy atom. The molecule has 2 aromatic rings. The van der Waals surface area contributed by atoms with Gasteiger partial charge in [0.15, 0.2) is 6.61 Å². The zero-order valence-electron chi connectivity index (χ0n) is 14.4. The van der Waals surface area contributed by atoms with E-state index in [0.717, 1.165) is 16.8 Å². The summed E-state index contributed by atoms with van der Waals surface area (Å²) >= 11 is 5.79. The van der Waals surface area contributed by atoms with Gasteiger partial charge in [0.1, 0.15) is 5.75 Å². The highest BCUT2D eigenvalue weighted by Gasteiger charge is 2.15. The van der Waals surface area contributed by atoms with Gasteiger partial charge in [0.05, 0.1) is 6.42 Å². The maximum Gasteiger partial charge on any atom is 0.276 e. The lowest BCUT2D eigenvalue weighted by Crippen LogP contribution is -2.44. The van der Waals surface area contributed by atoms with E-state index < -0.39 is 5.91 Å². The molecule has 0 radical (unpaired) electrons. The highest BCUT2D eigenvalue weighted by atomic mass is 35.5. The summed E-state index contributed by atoms with van der Waals surface area (Å²) in [5, 5.41) is 3.37. The van der Waals surface area contributed by atoms with Crippen molar-refractivity contribution in [3.05, 3.63) is 58.6 Å². The van der Waals surface area contributed by atoms with E-state index >= 15 is 0 Å². The van der Waals surface area contributed by atoms with E-state index in [9.17, 15) is 14.4 Å². The summed E-state index contributed by atoms with van der Waals surface area (Å²) in [6, 6.07) is 12.1. The largest absolute Gasteiger partial charge is 0.484 e. The van der Waals surface area contributed by atoms with Crippen LogP contribution in [0, 0.1) is 0 Å². The van der Waals surface area contributed by atoms with Crippen molar-refractivity contribution in [2.24, 2.45) is 0 Å². The molecule has 3 N–H and O–H groups in total. The van der Waals surface area contributed by atoms with E-state index in [1.165, 1.54) is 0 Å². The van der Waals surface area contributed by atoms with Gasteiger partial charge in [-0.1, -0.05) is 23.7 Å². The van der Waals surface area contributed by atoms with Crippen LogP contribution in [0.15, 0.2) is 42.5 Å². The number of nitrogens with one attached hydrogen (secondary N) is 3. The summed E-state index contributed by atoms with van der Waals surface area (Å²) in [4.78, 5) is 35.0. The van der Waals surface area contributed by atoms with E-state index in [0.29, 0.717) is 23.6 Å². The molecule has 1 aliphatic rings. The Morgan fingerprint density at radius 1 is 1.04 bits per heavy atom. The fraction of sp³-hybridized carbons (Fsp3) is 0.211. The predicted molar refractivity (Wildman–Crippen MR) is 100 cm³/mol. The Bertz CT molecular complexity index is 868. The lowest BCUT2D eigenvalue weighted by atomic mass is 10.0. The molecule has 0 saturated heterocycles. The lowest BCUT2D eigenvalue weighted by molar-refractivity contribution is -0.129. The molecule has 0 aliphatic carbocycles. The topological polar surface area (TPSA) is 96.5 Å². The van der Waals surface area contributed by atoms with Gasteiger partial charge in [-0.3, -0.25) is 25.2 Å². The second-order valence-corrected chi connectivity index (χ2v) is 6.49. The first-order valence-corrected chi connectivity index (χ1v) is 8.75. The van der Waals surface area contributed by atoms with Crippen LogP contribution in [0.2, 0.25) is 5.02 Å². The number of aryl methyl sites for hydroxylation is 1. The van der Waals surface area contributed by atoms with Gasteiger partial charge in [-0.05, 0) is 47.9 Å². The van der Waals surface area contributed by atoms with E-state index in [1.54, 1.807) is 42.5 Å². The van der Waals surface area contributed by atoms with Gasteiger partial charge < -0.3 is 10.1 Å². The number of ether oxygens (including phenoxy) is 1. The molecule has 0 atom stereocenters. The van der Waals surface area contributed by atoms with Gasteiger partial charge in [-0.2, -0.15) is 0 Å². The molecule has 0 spiro atoms. The molecule has 2 aromatic carbocycles. The number of benzene rings is 2. The van der Waals surface area contributed by atoms with Crippen molar-refractivity contribution in [2.75, 3.05) is 11.9 Å². The van der Waals surface area contributed by atoms with Gasteiger partial charge in [-0.15, -0.1) is 0 Å². The fourth-order valence-electron chi connectivity index (χ4n) is 2.61. The van der Waals surface area contributed by atoms with Crippen LogP contribution in [-0.4, -0.2) is 24.3 Å². The maximum absolute atomic E-state index is 11.8. The first-order chi connectivity index (χ1) is 13.0. The third kappa shape index (κ3) is 5.46. The monoisotopic (exact) mass is 387 g/mol. The number of anilines is 1. The Kier molecular flexibility index (Phi) is 5.93. The second-order valence-electron chi connectivity index (χ2n) is 6.06. The molecule has 0 aromatic heterocycles. The summed E-state index contributed by atoms with van der Waals surface area (Å²) < 4.78 is 5.43. The van der Waals surface area contributed by atoms with Crippen LogP contribution in [0.25, 0.3) is 0 Å². The van der Waals surface area contributed by atoms with Crippen molar-refractivity contribution < 1.29 is 19.1 Å². The molecule has 140 valence electrons. The van der Waals surface area contributed by atoms with Crippen LogP contribution in [0.3, 0.4) is 0 Å². The Balaban J connectivity index is 1.42. The Morgan fingerprint density at radius 3 is 2.56 bits per heavy atom. The first kappa shape index (κ1) is 18.7. The minimum Gasteiger partial charge on any atom is -0.484 e. The standard InChI is InChI=1S/C19H18ClN3O4/c20-14-4-1-12(2-5-14)9-18(25)22-23-19(26)11-27-15-6-7-16-13(10-15)3-8-17(24)21-16/h1-2,4-7,10H,3,8-9,11H2,(H,21,24)(H,22,25)(H,23,26). The number of hydrogen-bond acceptors (Lipinski definition) is 4. The highest BCUT2D eigenvalue weighted by Crippen LogP contribution is 2.26. The Hall–Kier alpha value is -3.06. The number of halogens is 1. The number of fused-ring (bicyclic) bond motifs is 1. The van der Waals surface area contributed by atoms with Crippen LogP contribution in [0.5, 0.6) is 5.75 Å². The van der Waals surface area contributed by atoms with Crippen molar-refractivity contribution in [2.45, 2.75) is 19.3 Å². The molecule has 1 aliphatic heterocycles. The molecule has 0 unspecified atom stereocenters. The second kappa shape index (κ2) is 8.55. The molecule has 0 saturated carbocycles. The van der Waals surface area contributed by atoms with Crippen LogP contribution >= 0.6 is 11.6 Å². The van der Waals surface area contributed by atoms with Crippen LogP contribution < -0.4 is 20.9 Å². The normalized spacial score (nSPS) is 12.6. The number of amides is 3. The van der Waals surface area contributed by atoms with Crippen LogP contribution in [0.4, 0.5) is 5.69 Å². The number of rotatable bonds is 5. The number of hydrazine groups is 1. The lowest BCUT2D eigenvalue weighted by Gasteiger charge is -2.17. The minimum atomic E-state index is -0.481. The number of carbonyl (C=O) groups excluding carboxylic acids is 3. The van der Waals surface area contributed by atoms with E-state index in [4.69, 9.17) is 16.3 Å². The third-order valence-corrected chi connectivity index (χ3v) is 4.21. The van der Waals surface area contributed by atoms with Crippen LogP contribution in [0.1, 0.15) is 17.5 Å². The summed E-state index contributed by atoms with van der Waals surface area (Å²) in [6.45, 7) is -0.244. The summed E-state index contributed by atoms with van der Waals surface area (Å²) in [7, 11) is 0. The first-order valence-electron chi connectivity index (χ1n) is 8.37. The molecule has 3 amide bonds. The van der Waals surface area contributed by atoms with Gasteiger partial charge in [0.2, 0.25) is 11.8 Å². The zero-order valence-corrected chi connectivity index (χ0v) is 15.1. The predicted octanol–water partition coefficient (Wildman–Crippen LogP) is 1.99. The Labute approximate surface area is 161 Å². The van der Waals surface area contributed by atoms with Gasteiger partial charge >= 0.3 is 0 Å². The molecular formula is C19H18ClN3O4. The van der Waals surface area contributed by atoms with Crippen molar-refractivity contribution in [1.29, 1.82) is 0 Å². The van der Waals surface area contributed by atoms with E-state index in [2.05, 4.69) is 16.2 Å². The third-order valence-electron chi connectivity index (χ3n) is 3.96. The molecule has 1 heterocycles. The van der Waals surface area contributed by atoms with Crippen molar-refractivity contribution >= 4 is 35.0 Å². The molecule has 7 nitrogen and oxygen atoms in total. The quantitative estimate of drug-likeness (QED) is 0.683. The summed E-state index contributed by atoms with van der Waals surface area (Å²) in [5.41, 5.74) is 7.15. The summed E-state index contributed by atoms with van der Waals surface area (Å²) in [6.07, 6.45) is 1.18. The SMILES string of the molecule is O=C(COc1ccc2c(c1)CCC(=O)N2)NNC(=O)Cc1ccc(Cl)cc1. The highest BCUT2D eigenvalue weighted by molar-refractivity contribution is 6.30. The van der Waals surface area contributed by atoms with Gasteiger partial charge in [-0.25, -0.2) is 0 Å². The average molecular weight is 388 g/mol. The molecule has 0 bridgehead atoms. The van der Waals surface area contributed by atoms with E-state index in [1.807, 2.05) is 0 Å². The summed E-state index contributed by atoms with van der Waals surface area (Å²) in [5.74, 6) is -0.321. The molecular weight excluding hydrogens is 370 g/mol. The van der Waals surface area contributed by atoms with Crippen molar-refractivity contribution in [1.82, 2.24) is 10.9 Å². The van der Waals surface area contributed by atoms with Gasteiger partial charge in [0.25, 0.3) is 5.91 Å². The zero-order chi connectivity index (χ0) is 19.2. The molecule has 0 fully saturated rings. The fourth-order valence-corrected chi connectivity index (χ4v) is 2.73. The molecule has 8 heteroatoms. The average Bonchev–Trinajstić information content (AvgIpc) is 2.66. The van der Waals surface area contributed by atoms with Crippen molar-refractivity contribution in [3.8, 4) is 5.75 Å². The number of carbonyl (C=O) groups is 3. The minimum absolute atomic E-state index is 0.00936. The maximum atomic E-state index is 11.8. The van der Waals surface area contributed by atoms with Crippen molar-refractivity contribution in [3.63, 3.8) is 0 Å². The molecule has 27 heavy (non-hydrogen) atoms. The van der Waals surface area contributed by atoms with Gasteiger partial charge in [0, 0.05) is 17.1 Å². The van der Waals surface area contributed by atoms with Crippen LogP contribution in [-0.2, 0) is 27.2 Å².